The summed E-state index contributed by atoms with van der Waals surface area (Å²) < 4.78 is 59.1. The Bertz CT molecular complexity index is 1690. The summed E-state index contributed by atoms with van der Waals surface area (Å²) in [5.41, 5.74) is 0.605. The molecule has 13 heteroatoms. The molecule has 0 amide bonds. The number of rotatable bonds is 14. The van der Waals surface area contributed by atoms with Gasteiger partial charge in [0.15, 0.2) is 39.6 Å². The molecule has 0 aliphatic carbocycles. The Kier molecular flexibility index (Phi) is 15.5. The molecule has 354 valence electrons. The maximum atomic E-state index is 13.6. The van der Waals surface area contributed by atoms with Crippen molar-refractivity contribution in [1.82, 2.24) is 0 Å². The van der Waals surface area contributed by atoms with Crippen LogP contribution in [0.2, 0.25) is 36.3 Å². The SMILES string of the molecule is C=C1[C@@H](O[Si](C)(C)C(C)(C)C)[C@@H]2O[C@@](CCC(=O)/C=C/[C@@H](C)[C@@H]3CC(C)=C[C@]4(CCC[C@@H](C[C@@]5(C)O[C@H](C(C)(C)C)OC5=O)O4)O3)(OC)CC[C@H]2O[C@@H]1CO[Si](C)(C)C(C)(C)C. The summed E-state index contributed by atoms with van der Waals surface area (Å²) in [6.45, 7) is 39.5. The number of ketones is 1. The highest BCUT2D eigenvalue weighted by molar-refractivity contribution is 6.74. The van der Waals surface area contributed by atoms with E-state index in [4.69, 9.17) is 42.0 Å². The van der Waals surface area contributed by atoms with Gasteiger partial charge in [0.2, 0.25) is 6.29 Å². The van der Waals surface area contributed by atoms with Crippen molar-refractivity contribution in [2.45, 2.75) is 237 Å². The Morgan fingerprint density at radius 1 is 0.968 bits per heavy atom. The van der Waals surface area contributed by atoms with Gasteiger partial charge in [-0.1, -0.05) is 87.5 Å². The molecule has 4 fully saturated rings. The topological polar surface area (TPSA) is 117 Å². The summed E-state index contributed by atoms with van der Waals surface area (Å²) in [4.78, 5) is 26.6. The largest absolute Gasteiger partial charge is 0.433 e. The van der Waals surface area contributed by atoms with Crippen LogP contribution in [0, 0.1) is 11.3 Å². The molecule has 0 aromatic carbocycles. The van der Waals surface area contributed by atoms with Crippen LogP contribution in [0.5, 0.6) is 0 Å². The van der Waals surface area contributed by atoms with Crippen LogP contribution in [0.4, 0.5) is 0 Å². The lowest BCUT2D eigenvalue weighted by atomic mass is 9.86. The van der Waals surface area contributed by atoms with E-state index in [0.29, 0.717) is 38.7 Å². The average molecular weight is 905 g/mol. The van der Waals surface area contributed by atoms with Gasteiger partial charge < -0.3 is 42.0 Å². The number of hydrogen-bond donors (Lipinski definition) is 0. The first-order chi connectivity index (χ1) is 28.3. The van der Waals surface area contributed by atoms with Gasteiger partial charge in [-0.25, -0.2) is 4.79 Å². The fourth-order valence-corrected chi connectivity index (χ4v) is 10.9. The van der Waals surface area contributed by atoms with E-state index in [1.165, 1.54) is 5.57 Å². The molecule has 0 saturated carbocycles. The molecule has 5 heterocycles. The monoisotopic (exact) mass is 905 g/mol. The van der Waals surface area contributed by atoms with Crippen molar-refractivity contribution in [1.29, 1.82) is 0 Å². The van der Waals surface area contributed by atoms with Crippen LogP contribution in [-0.2, 0) is 51.6 Å². The van der Waals surface area contributed by atoms with Crippen LogP contribution in [0.15, 0.2) is 36.0 Å². The Morgan fingerprint density at radius 3 is 2.23 bits per heavy atom. The molecule has 1 spiro atoms. The zero-order valence-electron chi connectivity index (χ0n) is 41.6. The second kappa shape index (κ2) is 18.6. The van der Waals surface area contributed by atoms with Gasteiger partial charge in [-0.3, -0.25) is 4.79 Å². The minimum absolute atomic E-state index is 0.00256. The summed E-state index contributed by atoms with van der Waals surface area (Å²) >= 11 is 0. The van der Waals surface area contributed by atoms with E-state index in [1.54, 1.807) is 20.1 Å². The van der Waals surface area contributed by atoms with Crippen LogP contribution in [0.1, 0.15) is 141 Å². The van der Waals surface area contributed by atoms with Crippen molar-refractivity contribution in [3.05, 3.63) is 36.0 Å². The minimum atomic E-state index is -2.28. The zero-order chi connectivity index (χ0) is 46.5. The highest BCUT2D eigenvalue weighted by atomic mass is 28.4. The summed E-state index contributed by atoms with van der Waals surface area (Å²) in [6, 6.07) is 0. The van der Waals surface area contributed by atoms with Gasteiger partial charge >= 0.3 is 5.97 Å². The van der Waals surface area contributed by atoms with E-state index in [0.717, 1.165) is 24.8 Å². The molecule has 0 aromatic rings. The van der Waals surface area contributed by atoms with Crippen LogP contribution >= 0.6 is 0 Å². The van der Waals surface area contributed by atoms with Crippen LogP contribution < -0.4 is 0 Å². The van der Waals surface area contributed by atoms with E-state index in [1.807, 2.05) is 26.8 Å². The summed E-state index contributed by atoms with van der Waals surface area (Å²) in [7, 11) is -2.65. The number of hydrogen-bond acceptors (Lipinski definition) is 11. The Labute approximate surface area is 377 Å². The number of cyclic esters (lactones) is 1. The first kappa shape index (κ1) is 51.5. The molecule has 0 unspecified atom stereocenters. The van der Waals surface area contributed by atoms with Crippen LogP contribution in [0.3, 0.4) is 0 Å². The van der Waals surface area contributed by atoms with E-state index in [-0.39, 0.29) is 64.0 Å². The molecule has 5 aliphatic heterocycles. The summed E-state index contributed by atoms with van der Waals surface area (Å²) in [5.74, 6) is -2.28. The van der Waals surface area contributed by atoms with Crippen LogP contribution in [0.25, 0.3) is 0 Å². The minimum Gasteiger partial charge on any atom is -0.433 e. The third-order valence-electron chi connectivity index (χ3n) is 15.0. The lowest BCUT2D eigenvalue weighted by molar-refractivity contribution is -0.319. The van der Waals surface area contributed by atoms with Crippen LogP contribution in [-0.4, -0.2) is 102 Å². The van der Waals surface area contributed by atoms with Gasteiger partial charge in [0, 0.05) is 50.5 Å². The molecule has 0 N–H and O–H groups in total. The Morgan fingerprint density at radius 2 is 1.63 bits per heavy atom. The second-order valence-corrected chi connectivity index (χ2v) is 33.0. The number of methoxy groups -OCH3 is 1. The fourth-order valence-electron chi connectivity index (χ4n) is 8.64. The molecular formula is C49H84O11Si2. The van der Waals surface area contributed by atoms with E-state index < -0.39 is 52.3 Å². The molecule has 5 rings (SSSR count). The normalized spacial score (nSPS) is 35.8. The molecule has 62 heavy (non-hydrogen) atoms. The molecule has 4 saturated heterocycles. The average Bonchev–Trinajstić information content (AvgIpc) is 3.45. The first-order valence-electron chi connectivity index (χ1n) is 23.4. The molecule has 0 aromatic heterocycles. The predicted molar refractivity (Wildman–Crippen MR) is 248 cm³/mol. The number of allylic oxidation sites excluding steroid dienone is 1. The quantitative estimate of drug-likeness (QED) is 0.0718. The second-order valence-electron chi connectivity index (χ2n) is 23.5. The smallest absolute Gasteiger partial charge is 0.340 e. The van der Waals surface area contributed by atoms with Gasteiger partial charge in [-0.2, -0.15) is 0 Å². The van der Waals surface area contributed by atoms with E-state index in [2.05, 4.69) is 94.2 Å². The summed E-state index contributed by atoms with van der Waals surface area (Å²) in [6.07, 6.45) is 8.80. The predicted octanol–water partition coefficient (Wildman–Crippen LogP) is 10.9. The number of fused-ring (bicyclic) bond motifs is 1. The number of carbonyl (C=O) groups is 2. The number of carbonyl (C=O) groups excluding carboxylic acids is 2. The van der Waals surface area contributed by atoms with Gasteiger partial charge in [0.1, 0.15) is 12.2 Å². The van der Waals surface area contributed by atoms with Crippen molar-refractivity contribution in [3.63, 3.8) is 0 Å². The fraction of sp³-hybridized carbons (Fsp3) is 0.837. The van der Waals surface area contributed by atoms with Crippen molar-refractivity contribution < 1.29 is 51.6 Å². The van der Waals surface area contributed by atoms with Crippen molar-refractivity contribution in [3.8, 4) is 0 Å². The van der Waals surface area contributed by atoms with Crippen molar-refractivity contribution in [2.24, 2.45) is 11.3 Å². The summed E-state index contributed by atoms with van der Waals surface area (Å²) in [5, 5.41) is 0.0375. The van der Waals surface area contributed by atoms with Crippen molar-refractivity contribution in [2.75, 3.05) is 13.7 Å². The molecule has 5 aliphatic rings. The zero-order valence-corrected chi connectivity index (χ0v) is 43.6. The third-order valence-corrected chi connectivity index (χ3v) is 23.9. The van der Waals surface area contributed by atoms with Crippen molar-refractivity contribution >= 4 is 28.4 Å². The lowest BCUT2D eigenvalue weighted by Crippen LogP contribution is -2.62. The van der Waals surface area contributed by atoms with Gasteiger partial charge in [0.05, 0.1) is 31.0 Å². The molecule has 0 radical (unpaired) electrons. The highest BCUT2D eigenvalue weighted by Gasteiger charge is 2.55. The highest BCUT2D eigenvalue weighted by Crippen LogP contribution is 2.47. The molecule has 11 nitrogen and oxygen atoms in total. The first-order valence-corrected chi connectivity index (χ1v) is 29.2. The Hall–Kier alpha value is -1.53. The van der Waals surface area contributed by atoms with Gasteiger partial charge in [0.25, 0.3) is 0 Å². The van der Waals surface area contributed by atoms with Gasteiger partial charge in [-0.15, -0.1) is 0 Å². The molecule has 0 bridgehead atoms. The van der Waals surface area contributed by atoms with E-state index in [9.17, 15) is 9.59 Å². The molecular weight excluding hydrogens is 821 g/mol. The van der Waals surface area contributed by atoms with Gasteiger partial charge in [-0.05, 0) is 93.5 Å². The maximum absolute atomic E-state index is 13.6. The standard InChI is InChI=1S/C49H84O11Si2/c1-32-28-38(57-49(29-32)25-19-20-36(56-49)30-47(13)42(51)55-43(59-47)44(4,5)6)33(2)21-22-35(50)23-26-48(52-14)27-24-37-41(58-48)40(60-62(17,18)46(10,11)12)34(3)39(54-37)31-53-61(15,16)45(7,8)9/h21-22,29,33,36-41,43H,3,19-20,23-28,30-31H2,1-2,4-18H3/b22-21+/t33-,36+,37-,38+,39-,40-,41-,43-,47-,48-,49+/m1/s1. The number of ether oxygens (including phenoxy) is 7. The number of esters is 1. The molecule has 11 atom stereocenters. The van der Waals surface area contributed by atoms with E-state index >= 15 is 0 Å². The maximum Gasteiger partial charge on any atom is 0.340 e. The Balaban J connectivity index is 1.21. The third kappa shape index (κ3) is 11.7. The lowest BCUT2D eigenvalue weighted by Gasteiger charge is -2.53.